The van der Waals surface area contributed by atoms with Gasteiger partial charge in [0.05, 0.1) is 6.61 Å². The lowest BCUT2D eigenvalue weighted by Crippen LogP contribution is -2.19. The Morgan fingerprint density at radius 3 is 2.71 bits per heavy atom. The molecule has 1 atom stereocenters. The average molecular weight is 256 g/mol. The van der Waals surface area contributed by atoms with E-state index in [9.17, 15) is 9.59 Å². The summed E-state index contributed by atoms with van der Waals surface area (Å²) in [5, 5.41) is 0.0545. The van der Waals surface area contributed by atoms with Crippen molar-refractivity contribution in [2.24, 2.45) is 0 Å². The molecule has 0 aliphatic rings. The number of carbonyl (C=O) groups excluding carboxylic acids is 1. The molecule has 94 valence electrons. The van der Waals surface area contributed by atoms with Crippen molar-refractivity contribution < 1.29 is 9.53 Å². The molecular weight excluding hydrogens is 240 g/mol. The maximum absolute atomic E-state index is 11.5. The summed E-state index contributed by atoms with van der Waals surface area (Å²) < 4.78 is 4.88. The first kappa shape index (κ1) is 13.8. The van der Waals surface area contributed by atoms with Crippen LogP contribution in [0.4, 0.5) is 0 Å². The molecule has 1 N–H and O–H groups in total. The average Bonchev–Trinajstić information content (AvgIpc) is 2.26. The molecule has 0 fully saturated rings. The number of H-pyrrole nitrogens is 1. The highest BCUT2D eigenvalue weighted by atomic mass is 32.2. The van der Waals surface area contributed by atoms with Crippen LogP contribution in [-0.4, -0.2) is 27.8 Å². The van der Waals surface area contributed by atoms with E-state index in [4.69, 9.17) is 4.74 Å². The quantitative estimate of drug-likeness (QED) is 0.501. The Kier molecular flexibility index (Phi) is 4.74. The van der Waals surface area contributed by atoms with Crippen molar-refractivity contribution in [2.45, 2.75) is 38.1 Å². The third-order valence-electron chi connectivity index (χ3n) is 2.28. The second-order valence-electron chi connectivity index (χ2n) is 3.59. The largest absolute Gasteiger partial charge is 0.465 e. The minimum absolute atomic E-state index is 0.170. The van der Waals surface area contributed by atoms with Crippen molar-refractivity contribution in [1.82, 2.24) is 9.97 Å². The number of aromatic nitrogens is 2. The smallest absolute Gasteiger partial charge is 0.319 e. The van der Waals surface area contributed by atoms with Crippen molar-refractivity contribution in [3.05, 3.63) is 21.6 Å². The van der Waals surface area contributed by atoms with Crippen LogP contribution in [0.15, 0.2) is 9.95 Å². The first-order chi connectivity index (χ1) is 7.95. The van der Waals surface area contributed by atoms with Crippen molar-refractivity contribution in [3.63, 3.8) is 0 Å². The summed E-state index contributed by atoms with van der Waals surface area (Å²) in [5.41, 5.74) is 1.10. The predicted molar refractivity (Wildman–Crippen MR) is 66.3 cm³/mol. The molecule has 1 heterocycles. The summed E-state index contributed by atoms with van der Waals surface area (Å²) in [5.74, 6) is -0.307. The van der Waals surface area contributed by atoms with E-state index in [1.165, 1.54) is 11.8 Å². The molecule has 0 saturated heterocycles. The van der Waals surface area contributed by atoms with Gasteiger partial charge in [-0.05, 0) is 27.7 Å². The van der Waals surface area contributed by atoms with Crippen LogP contribution in [0.2, 0.25) is 0 Å². The van der Waals surface area contributed by atoms with Crippen molar-refractivity contribution in [2.75, 3.05) is 6.61 Å². The molecule has 0 spiro atoms. The van der Waals surface area contributed by atoms with Crippen LogP contribution >= 0.6 is 11.8 Å². The van der Waals surface area contributed by atoms with E-state index < -0.39 is 0 Å². The minimum Gasteiger partial charge on any atom is -0.465 e. The minimum atomic E-state index is -0.389. The monoisotopic (exact) mass is 256 g/mol. The number of ether oxygens (including phenoxy) is 1. The molecule has 6 heteroatoms. The SMILES string of the molecule is CCOC(=O)C(C)Sc1nc(C)c(C)c(=O)[nH]1. The summed E-state index contributed by atoms with van der Waals surface area (Å²) >= 11 is 1.19. The van der Waals surface area contributed by atoms with Crippen LogP contribution in [-0.2, 0) is 9.53 Å². The topological polar surface area (TPSA) is 72.0 Å². The summed E-state index contributed by atoms with van der Waals surface area (Å²) in [7, 11) is 0. The first-order valence-electron chi connectivity index (χ1n) is 5.36. The zero-order valence-electron chi connectivity index (χ0n) is 10.4. The Labute approximate surface area is 104 Å². The maximum atomic E-state index is 11.5. The molecule has 17 heavy (non-hydrogen) atoms. The van der Waals surface area contributed by atoms with Crippen LogP contribution in [0.1, 0.15) is 25.1 Å². The third-order valence-corrected chi connectivity index (χ3v) is 3.24. The number of rotatable bonds is 4. The fourth-order valence-electron chi connectivity index (χ4n) is 1.15. The number of thioether (sulfide) groups is 1. The molecule has 1 unspecified atom stereocenters. The van der Waals surface area contributed by atoms with E-state index in [1.54, 1.807) is 27.7 Å². The normalized spacial score (nSPS) is 12.2. The van der Waals surface area contributed by atoms with Gasteiger partial charge in [0.15, 0.2) is 5.16 Å². The fraction of sp³-hybridized carbons (Fsp3) is 0.545. The lowest BCUT2D eigenvalue weighted by molar-refractivity contribution is -0.142. The number of aryl methyl sites for hydroxylation is 1. The lowest BCUT2D eigenvalue weighted by Gasteiger charge is -2.09. The van der Waals surface area contributed by atoms with E-state index in [0.717, 1.165) is 0 Å². The van der Waals surface area contributed by atoms with Crippen LogP contribution in [0.25, 0.3) is 0 Å². The van der Waals surface area contributed by atoms with E-state index in [0.29, 0.717) is 23.0 Å². The molecule has 1 rings (SSSR count). The molecule has 5 nitrogen and oxygen atoms in total. The van der Waals surface area contributed by atoms with E-state index in [-0.39, 0.29) is 16.8 Å². The van der Waals surface area contributed by atoms with Gasteiger partial charge in [0, 0.05) is 11.3 Å². The fourth-order valence-corrected chi connectivity index (χ4v) is 1.99. The third kappa shape index (κ3) is 3.59. The molecule has 0 saturated carbocycles. The van der Waals surface area contributed by atoms with Gasteiger partial charge in [-0.2, -0.15) is 0 Å². The number of aromatic amines is 1. The van der Waals surface area contributed by atoms with Gasteiger partial charge in [0.25, 0.3) is 5.56 Å². The molecule has 0 radical (unpaired) electrons. The van der Waals surface area contributed by atoms with Crippen LogP contribution < -0.4 is 5.56 Å². The molecule has 0 amide bonds. The molecule has 0 aromatic carbocycles. The second-order valence-corrected chi connectivity index (χ2v) is 4.92. The number of hydrogen-bond acceptors (Lipinski definition) is 5. The Bertz CT molecular complexity index is 470. The van der Waals surface area contributed by atoms with Gasteiger partial charge >= 0.3 is 5.97 Å². The Morgan fingerprint density at radius 2 is 2.18 bits per heavy atom. The summed E-state index contributed by atoms with van der Waals surface area (Å²) in [6.07, 6.45) is 0. The van der Waals surface area contributed by atoms with Gasteiger partial charge in [-0.25, -0.2) is 4.98 Å². The van der Waals surface area contributed by atoms with Gasteiger partial charge in [-0.1, -0.05) is 11.8 Å². The highest BCUT2D eigenvalue weighted by Crippen LogP contribution is 2.19. The van der Waals surface area contributed by atoms with Gasteiger partial charge in [-0.15, -0.1) is 0 Å². The van der Waals surface area contributed by atoms with Crippen molar-refractivity contribution in [3.8, 4) is 0 Å². The molecule has 1 aromatic heterocycles. The van der Waals surface area contributed by atoms with Gasteiger partial charge in [-0.3, -0.25) is 9.59 Å². The summed E-state index contributed by atoms with van der Waals surface area (Å²) in [4.78, 5) is 29.8. The van der Waals surface area contributed by atoms with Gasteiger partial charge in [0.1, 0.15) is 5.25 Å². The summed E-state index contributed by atoms with van der Waals surface area (Å²) in [6, 6.07) is 0. The molecule has 0 bridgehead atoms. The van der Waals surface area contributed by atoms with Crippen molar-refractivity contribution in [1.29, 1.82) is 0 Å². The Hall–Kier alpha value is -1.30. The Morgan fingerprint density at radius 1 is 1.53 bits per heavy atom. The number of carbonyl (C=O) groups is 1. The molecule has 0 aliphatic carbocycles. The highest BCUT2D eigenvalue weighted by Gasteiger charge is 2.17. The number of hydrogen-bond donors (Lipinski definition) is 1. The maximum Gasteiger partial charge on any atom is 0.319 e. The molecular formula is C11H16N2O3S. The van der Waals surface area contributed by atoms with Crippen LogP contribution in [0.5, 0.6) is 0 Å². The van der Waals surface area contributed by atoms with Crippen molar-refractivity contribution >= 4 is 17.7 Å². The zero-order valence-corrected chi connectivity index (χ0v) is 11.2. The number of nitrogens with zero attached hydrogens (tertiary/aromatic N) is 1. The van der Waals surface area contributed by atoms with Crippen LogP contribution in [0.3, 0.4) is 0 Å². The van der Waals surface area contributed by atoms with E-state index >= 15 is 0 Å². The molecule has 1 aromatic rings. The lowest BCUT2D eigenvalue weighted by atomic mass is 10.3. The summed E-state index contributed by atoms with van der Waals surface area (Å²) in [6.45, 7) is 7.30. The predicted octanol–water partition coefficient (Wildman–Crippen LogP) is 1.43. The standard InChI is InChI=1S/C11H16N2O3S/c1-5-16-10(15)8(4)17-11-12-7(3)6(2)9(14)13-11/h8H,5H2,1-4H3,(H,12,13,14). The van der Waals surface area contributed by atoms with Gasteiger partial charge in [0.2, 0.25) is 0 Å². The number of esters is 1. The Balaban J connectivity index is 2.82. The first-order valence-corrected chi connectivity index (χ1v) is 6.24. The number of nitrogens with one attached hydrogen (secondary N) is 1. The second kappa shape index (κ2) is 5.86. The molecule has 0 aliphatic heterocycles. The van der Waals surface area contributed by atoms with E-state index in [1.807, 2.05) is 0 Å². The van der Waals surface area contributed by atoms with Crippen LogP contribution in [0, 0.1) is 13.8 Å². The van der Waals surface area contributed by atoms with Gasteiger partial charge < -0.3 is 9.72 Å². The van der Waals surface area contributed by atoms with E-state index in [2.05, 4.69) is 9.97 Å². The highest BCUT2D eigenvalue weighted by molar-refractivity contribution is 8.00. The zero-order chi connectivity index (χ0) is 13.0.